The first-order chi connectivity index (χ1) is 8.61. The van der Waals surface area contributed by atoms with Crippen LogP contribution in [0.1, 0.15) is 30.0 Å². The van der Waals surface area contributed by atoms with Gasteiger partial charge in [0.2, 0.25) is 0 Å². The summed E-state index contributed by atoms with van der Waals surface area (Å²) in [6, 6.07) is 12.8. The van der Waals surface area contributed by atoms with Crippen molar-refractivity contribution in [1.29, 1.82) is 0 Å². The average Bonchev–Trinajstić information content (AvgIpc) is 2.31. The minimum atomic E-state index is 0.816. The summed E-state index contributed by atoms with van der Waals surface area (Å²) in [6.45, 7) is 6.61. The predicted molar refractivity (Wildman–Crippen MR) is 79.8 cm³/mol. The molecule has 2 aromatic carbocycles. The van der Waals surface area contributed by atoms with Crippen molar-refractivity contribution in [3.8, 4) is 11.1 Å². The van der Waals surface area contributed by atoms with E-state index >= 15 is 0 Å². The van der Waals surface area contributed by atoms with E-state index in [0.717, 1.165) is 12.1 Å². The van der Waals surface area contributed by atoms with Crippen molar-refractivity contribution in [2.75, 3.05) is 5.73 Å². The van der Waals surface area contributed by atoms with E-state index in [1.807, 2.05) is 12.1 Å². The summed E-state index contributed by atoms with van der Waals surface area (Å²) < 4.78 is 0. The van der Waals surface area contributed by atoms with Crippen LogP contribution < -0.4 is 5.73 Å². The molecule has 0 saturated carbocycles. The van der Waals surface area contributed by atoms with Gasteiger partial charge in [-0.05, 0) is 60.2 Å². The second kappa shape index (κ2) is 5.26. The van der Waals surface area contributed by atoms with E-state index in [1.165, 1.54) is 34.2 Å². The first-order valence-corrected chi connectivity index (χ1v) is 6.58. The molecular formula is C17H21N. The number of hydrogen-bond acceptors (Lipinski definition) is 1. The maximum Gasteiger partial charge on any atom is 0.0314 e. The van der Waals surface area contributed by atoms with E-state index < -0.39 is 0 Å². The van der Waals surface area contributed by atoms with Gasteiger partial charge in [-0.1, -0.05) is 37.6 Å². The Kier molecular flexibility index (Phi) is 3.71. The lowest BCUT2D eigenvalue weighted by atomic mass is 9.92. The van der Waals surface area contributed by atoms with Crippen molar-refractivity contribution in [3.63, 3.8) is 0 Å². The number of hydrogen-bond donors (Lipinski definition) is 1. The zero-order valence-corrected chi connectivity index (χ0v) is 11.5. The molecule has 0 radical (unpaired) electrons. The van der Waals surface area contributed by atoms with E-state index in [0.29, 0.717) is 0 Å². The molecule has 0 aliphatic carbocycles. The lowest BCUT2D eigenvalue weighted by Gasteiger charge is -2.13. The second-order valence-corrected chi connectivity index (χ2v) is 4.98. The molecule has 0 atom stereocenters. The Morgan fingerprint density at radius 2 is 1.50 bits per heavy atom. The highest BCUT2D eigenvalue weighted by Gasteiger charge is 2.07. The first kappa shape index (κ1) is 12.7. The van der Waals surface area contributed by atoms with E-state index in [2.05, 4.69) is 45.0 Å². The summed E-state index contributed by atoms with van der Waals surface area (Å²) in [7, 11) is 0. The Morgan fingerprint density at radius 1 is 0.944 bits per heavy atom. The quantitative estimate of drug-likeness (QED) is 0.784. The lowest BCUT2D eigenvalue weighted by Crippen LogP contribution is -1.93. The number of benzene rings is 2. The minimum absolute atomic E-state index is 0.816. The summed E-state index contributed by atoms with van der Waals surface area (Å²) >= 11 is 0. The molecule has 0 spiro atoms. The Labute approximate surface area is 110 Å². The largest absolute Gasteiger partial charge is 0.399 e. The minimum Gasteiger partial charge on any atom is -0.399 e. The fourth-order valence-corrected chi connectivity index (χ4v) is 2.59. The van der Waals surface area contributed by atoms with Crippen LogP contribution >= 0.6 is 0 Å². The summed E-state index contributed by atoms with van der Waals surface area (Å²) in [5, 5.41) is 0. The highest BCUT2D eigenvalue weighted by Crippen LogP contribution is 2.29. The Balaban J connectivity index is 2.48. The fraction of sp³-hybridized carbons (Fsp3) is 0.294. The van der Waals surface area contributed by atoms with Crippen LogP contribution in [0.3, 0.4) is 0 Å². The Bertz CT molecular complexity index is 515. The second-order valence-electron chi connectivity index (χ2n) is 4.98. The van der Waals surface area contributed by atoms with Gasteiger partial charge in [0.15, 0.2) is 0 Å². The monoisotopic (exact) mass is 239 g/mol. The number of rotatable bonds is 3. The van der Waals surface area contributed by atoms with Crippen LogP contribution in [-0.4, -0.2) is 0 Å². The van der Waals surface area contributed by atoms with Gasteiger partial charge >= 0.3 is 0 Å². The zero-order valence-electron chi connectivity index (χ0n) is 11.5. The van der Waals surface area contributed by atoms with Gasteiger partial charge in [0.25, 0.3) is 0 Å². The van der Waals surface area contributed by atoms with Gasteiger partial charge in [-0.25, -0.2) is 0 Å². The number of nitrogen functional groups attached to an aromatic ring is 1. The molecule has 18 heavy (non-hydrogen) atoms. The highest BCUT2D eigenvalue weighted by atomic mass is 14.5. The Hall–Kier alpha value is -1.76. The third-order valence-corrected chi connectivity index (χ3v) is 3.33. The summed E-state index contributed by atoms with van der Waals surface area (Å²) in [5.41, 5.74) is 13.3. The van der Waals surface area contributed by atoms with Crippen LogP contribution in [0.2, 0.25) is 0 Å². The molecule has 0 aliphatic heterocycles. The average molecular weight is 239 g/mol. The molecule has 0 bridgehead atoms. The molecule has 1 nitrogen and oxygen atoms in total. The van der Waals surface area contributed by atoms with Crippen molar-refractivity contribution >= 4 is 5.69 Å². The lowest BCUT2D eigenvalue weighted by molar-refractivity contribution is 0.918. The smallest absolute Gasteiger partial charge is 0.0314 e. The normalized spacial score (nSPS) is 10.6. The summed E-state index contributed by atoms with van der Waals surface area (Å²) in [4.78, 5) is 0. The standard InChI is InChI=1S/C17H21N/c1-4-5-14-10-12(2)17(13(3)11-14)15-6-8-16(18)9-7-15/h6-11H,4-5,18H2,1-3H3. The number of anilines is 1. The van der Waals surface area contributed by atoms with Gasteiger partial charge in [-0.15, -0.1) is 0 Å². The van der Waals surface area contributed by atoms with Crippen molar-refractivity contribution in [2.24, 2.45) is 0 Å². The van der Waals surface area contributed by atoms with E-state index in [-0.39, 0.29) is 0 Å². The highest BCUT2D eigenvalue weighted by molar-refractivity contribution is 5.72. The molecule has 2 N–H and O–H groups in total. The van der Waals surface area contributed by atoms with Crippen LogP contribution in [0.5, 0.6) is 0 Å². The SMILES string of the molecule is CCCc1cc(C)c(-c2ccc(N)cc2)c(C)c1. The molecule has 0 fully saturated rings. The molecule has 0 saturated heterocycles. The van der Waals surface area contributed by atoms with Crippen LogP contribution in [0, 0.1) is 13.8 Å². The Morgan fingerprint density at radius 3 is 2.00 bits per heavy atom. The van der Waals surface area contributed by atoms with Crippen molar-refractivity contribution < 1.29 is 0 Å². The van der Waals surface area contributed by atoms with Gasteiger partial charge in [0.1, 0.15) is 0 Å². The van der Waals surface area contributed by atoms with Gasteiger partial charge < -0.3 is 5.73 Å². The van der Waals surface area contributed by atoms with Gasteiger partial charge in [-0.3, -0.25) is 0 Å². The molecule has 0 aromatic heterocycles. The van der Waals surface area contributed by atoms with E-state index in [4.69, 9.17) is 5.73 Å². The van der Waals surface area contributed by atoms with Gasteiger partial charge in [0, 0.05) is 5.69 Å². The fourth-order valence-electron chi connectivity index (χ4n) is 2.59. The molecule has 2 aromatic rings. The third kappa shape index (κ3) is 2.56. The molecular weight excluding hydrogens is 218 g/mol. The predicted octanol–water partition coefficient (Wildman–Crippen LogP) is 4.51. The van der Waals surface area contributed by atoms with E-state index in [9.17, 15) is 0 Å². The summed E-state index contributed by atoms with van der Waals surface area (Å²) in [5.74, 6) is 0. The molecule has 0 amide bonds. The molecule has 0 aliphatic rings. The maximum atomic E-state index is 5.74. The molecule has 0 unspecified atom stereocenters. The third-order valence-electron chi connectivity index (χ3n) is 3.33. The molecule has 0 heterocycles. The van der Waals surface area contributed by atoms with Crippen molar-refractivity contribution in [3.05, 3.63) is 53.1 Å². The van der Waals surface area contributed by atoms with Crippen molar-refractivity contribution in [2.45, 2.75) is 33.6 Å². The van der Waals surface area contributed by atoms with Crippen LogP contribution in [0.15, 0.2) is 36.4 Å². The van der Waals surface area contributed by atoms with Gasteiger partial charge in [-0.2, -0.15) is 0 Å². The molecule has 1 heteroatoms. The van der Waals surface area contributed by atoms with E-state index in [1.54, 1.807) is 0 Å². The maximum absolute atomic E-state index is 5.74. The first-order valence-electron chi connectivity index (χ1n) is 6.58. The summed E-state index contributed by atoms with van der Waals surface area (Å²) in [6.07, 6.45) is 2.35. The van der Waals surface area contributed by atoms with Crippen LogP contribution in [-0.2, 0) is 6.42 Å². The molecule has 2 rings (SSSR count). The van der Waals surface area contributed by atoms with Crippen molar-refractivity contribution in [1.82, 2.24) is 0 Å². The zero-order chi connectivity index (χ0) is 13.1. The number of nitrogens with two attached hydrogens (primary N) is 1. The molecule has 94 valence electrons. The van der Waals surface area contributed by atoms with Crippen LogP contribution in [0.4, 0.5) is 5.69 Å². The van der Waals surface area contributed by atoms with Gasteiger partial charge in [0.05, 0.1) is 0 Å². The van der Waals surface area contributed by atoms with Crippen LogP contribution in [0.25, 0.3) is 11.1 Å². The topological polar surface area (TPSA) is 26.0 Å². The number of aryl methyl sites for hydroxylation is 3.